The number of aliphatic imine (C=N–C) groups is 1. The summed E-state index contributed by atoms with van der Waals surface area (Å²) < 4.78 is 16.9. The zero-order valence-electron chi connectivity index (χ0n) is 9.89. The third-order valence-corrected chi connectivity index (χ3v) is 3.40. The van der Waals surface area contributed by atoms with E-state index in [-0.39, 0.29) is 11.8 Å². The maximum atomic E-state index is 13.1. The molecular weight excluding hydrogens is 291 g/mol. The molecule has 0 fully saturated rings. The second-order valence-corrected chi connectivity index (χ2v) is 4.75. The van der Waals surface area contributed by atoms with Gasteiger partial charge in [-0.2, -0.15) is 0 Å². The number of aromatic nitrogens is 2. The quantitative estimate of drug-likeness (QED) is 0.675. The molecule has 0 bridgehead atoms. The van der Waals surface area contributed by atoms with E-state index in [0.29, 0.717) is 22.1 Å². The van der Waals surface area contributed by atoms with Crippen molar-refractivity contribution in [3.8, 4) is 0 Å². The van der Waals surface area contributed by atoms with E-state index in [2.05, 4.69) is 19.9 Å². The van der Waals surface area contributed by atoms with E-state index >= 15 is 0 Å². The van der Waals surface area contributed by atoms with Crippen LogP contribution in [0.25, 0.3) is 0 Å². The zero-order valence-corrected chi connectivity index (χ0v) is 11.5. The van der Waals surface area contributed by atoms with Crippen molar-refractivity contribution in [1.82, 2.24) is 9.59 Å². The van der Waals surface area contributed by atoms with E-state index in [0.717, 1.165) is 11.5 Å². The van der Waals surface area contributed by atoms with E-state index in [1.807, 2.05) is 0 Å². The van der Waals surface area contributed by atoms with Gasteiger partial charge in [0.05, 0.1) is 10.7 Å². The lowest BCUT2D eigenvalue weighted by atomic mass is 10.3. The molecule has 19 heavy (non-hydrogen) atoms. The van der Waals surface area contributed by atoms with Gasteiger partial charge in [0.2, 0.25) is 0 Å². The summed E-state index contributed by atoms with van der Waals surface area (Å²) in [6.45, 7) is 1.40. The fourth-order valence-electron chi connectivity index (χ4n) is 1.40. The standard InChI is InChI=1S/C11H10ClFN4OS/c1-6-10(19-17-16-6)11(14-5-18)15-7-2-3-9(13)8(12)4-7/h2-4,18H,5H2,1H3,(H,14,15). The van der Waals surface area contributed by atoms with Crippen LogP contribution in [0.2, 0.25) is 5.02 Å². The highest BCUT2D eigenvalue weighted by molar-refractivity contribution is 7.08. The molecule has 0 aliphatic carbocycles. The van der Waals surface area contributed by atoms with Crippen molar-refractivity contribution in [2.24, 2.45) is 4.99 Å². The molecule has 5 nitrogen and oxygen atoms in total. The Morgan fingerprint density at radius 2 is 2.37 bits per heavy atom. The molecule has 0 amide bonds. The molecule has 2 aromatic rings. The number of amidine groups is 1. The number of halogens is 2. The van der Waals surface area contributed by atoms with Crippen LogP contribution in [-0.2, 0) is 0 Å². The Bertz CT molecular complexity index is 616. The van der Waals surface area contributed by atoms with Gasteiger partial charge >= 0.3 is 0 Å². The summed E-state index contributed by atoms with van der Waals surface area (Å²) in [5, 5.41) is 15.8. The molecule has 0 aliphatic heterocycles. The van der Waals surface area contributed by atoms with Crippen LogP contribution >= 0.6 is 23.1 Å². The normalized spacial score (nSPS) is 11.7. The molecule has 0 spiro atoms. The van der Waals surface area contributed by atoms with Crippen molar-refractivity contribution in [2.45, 2.75) is 6.92 Å². The van der Waals surface area contributed by atoms with Gasteiger partial charge in [0.1, 0.15) is 23.3 Å². The second-order valence-electron chi connectivity index (χ2n) is 3.59. The van der Waals surface area contributed by atoms with Gasteiger partial charge in [-0.25, -0.2) is 9.38 Å². The Kier molecular flexibility index (Phi) is 4.41. The summed E-state index contributed by atoms with van der Waals surface area (Å²) >= 11 is 6.86. The number of hydrogen-bond donors (Lipinski definition) is 2. The number of aliphatic hydroxyl groups excluding tert-OH is 1. The molecule has 8 heteroatoms. The maximum absolute atomic E-state index is 13.1. The zero-order chi connectivity index (χ0) is 13.8. The van der Waals surface area contributed by atoms with Gasteiger partial charge in [-0.05, 0) is 36.7 Å². The van der Waals surface area contributed by atoms with Crippen LogP contribution in [0.15, 0.2) is 23.2 Å². The largest absolute Gasteiger partial charge is 0.374 e. The highest BCUT2D eigenvalue weighted by Gasteiger charge is 2.12. The number of nitrogens with zero attached hydrogens (tertiary/aromatic N) is 3. The van der Waals surface area contributed by atoms with Gasteiger partial charge in [0.25, 0.3) is 0 Å². The molecule has 0 radical (unpaired) electrons. The monoisotopic (exact) mass is 300 g/mol. The van der Waals surface area contributed by atoms with Crippen LogP contribution in [0.4, 0.5) is 10.1 Å². The minimum Gasteiger partial charge on any atom is -0.374 e. The molecule has 2 rings (SSSR count). The maximum Gasteiger partial charge on any atom is 0.148 e. The third kappa shape index (κ3) is 3.25. The Morgan fingerprint density at radius 1 is 1.58 bits per heavy atom. The van der Waals surface area contributed by atoms with Crippen molar-refractivity contribution in [3.63, 3.8) is 0 Å². The fourth-order valence-corrected chi connectivity index (χ4v) is 2.20. The fraction of sp³-hybridized carbons (Fsp3) is 0.182. The lowest BCUT2D eigenvalue weighted by molar-refractivity contribution is 0.309. The Balaban J connectivity index is 2.30. The highest BCUT2D eigenvalue weighted by atomic mass is 35.5. The van der Waals surface area contributed by atoms with E-state index in [1.165, 1.54) is 18.2 Å². The molecule has 0 unspecified atom stereocenters. The minimum absolute atomic E-state index is 0.00694. The van der Waals surface area contributed by atoms with Crippen LogP contribution in [0.5, 0.6) is 0 Å². The number of nitrogens with one attached hydrogen (secondary N) is 1. The van der Waals surface area contributed by atoms with Gasteiger partial charge in [-0.3, -0.25) is 0 Å². The molecule has 2 N–H and O–H groups in total. The molecule has 1 aromatic heterocycles. The Hall–Kier alpha value is -1.57. The summed E-state index contributed by atoms with van der Waals surface area (Å²) in [7, 11) is 0. The van der Waals surface area contributed by atoms with E-state index < -0.39 is 5.82 Å². The first-order valence-corrected chi connectivity index (χ1v) is 6.43. The summed E-state index contributed by atoms with van der Waals surface area (Å²) in [5.41, 5.74) is 1.25. The van der Waals surface area contributed by atoms with Gasteiger partial charge in [0, 0.05) is 5.69 Å². The van der Waals surface area contributed by atoms with Crippen molar-refractivity contribution < 1.29 is 9.50 Å². The molecule has 1 heterocycles. The molecule has 100 valence electrons. The molecular formula is C11H10ClFN4OS. The van der Waals surface area contributed by atoms with E-state index in [1.54, 1.807) is 6.92 Å². The van der Waals surface area contributed by atoms with Crippen LogP contribution in [0.1, 0.15) is 10.6 Å². The lowest BCUT2D eigenvalue weighted by Crippen LogP contribution is -2.14. The minimum atomic E-state index is -0.497. The average Bonchev–Trinajstić information content (AvgIpc) is 2.79. The van der Waals surface area contributed by atoms with Crippen LogP contribution in [0, 0.1) is 12.7 Å². The lowest BCUT2D eigenvalue weighted by Gasteiger charge is -2.08. The molecule has 0 saturated carbocycles. The topological polar surface area (TPSA) is 70.4 Å². The predicted octanol–water partition coefficient (Wildman–Crippen LogP) is 2.45. The summed E-state index contributed by atoms with van der Waals surface area (Å²) in [5.74, 6) is -0.0822. The van der Waals surface area contributed by atoms with Crippen molar-refractivity contribution >= 4 is 34.7 Å². The SMILES string of the molecule is Cc1nnsc1C(=NCO)Nc1ccc(F)c(Cl)c1. The number of anilines is 1. The summed E-state index contributed by atoms with van der Waals surface area (Å²) in [4.78, 5) is 4.63. The Labute approximate surface area is 117 Å². The first kappa shape index (κ1) is 13.9. The second kappa shape index (κ2) is 6.05. The van der Waals surface area contributed by atoms with Crippen molar-refractivity contribution in [1.29, 1.82) is 0 Å². The van der Waals surface area contributed by atoms with E-state index in [4.69, 9.17) is 16.7 Å². The smallest absolute Gasteiger partial charge is 0.148 e. The number of benzene rings is 1. The van der Waals surface area contributed by atoms with Crippen LogP contribution < -0.4 is 5.32 Å². The van der Waals surface area contributed by atoms with Crippen LogP contribution in [-0.4, -0.2) is 27.3 Å². The van der Waals surface area contributed by atoms with Gasteiger partial charge < -0.3 is 10.4 Å². The Morgan fingerprint density at radius 3 is 2.95 bits per heavy atom. The van der Waals surface area contributed by atoms with Crippen molar-refractivity contribution in [3.05, 3.63) is 39.6 Å². The molecule has 1 aromatic carbocycles. The van der Waals surface area contributed by atoms with Gasteiger partial charge in [-0.15, -0.1) is 5.10 Å². The van der Waals surface area contributed by atoms with Gasteiger partial charge in [0.15, 0.2) is 0 Å². The molecule has 0 aliphatic rings. The van der Waals surface area contributed by atoms with Crippen LogP contribution in [0.3, 0.4) is 0 Å². The van der Waals surface area contributed by atoms with Crippen molar-refractivity contribution in [2.75, 3.05) is 12.0 Å². The average molecular weight is 301 g/mol. The van der Waals surface area contributed by atoms with E-state index in [9.17, 15) is 4.39 Å². The third-order valence-electron chi connectivity index (χ3n) is 2.28. The molecule has 0 atom stereocenters. The number of hydrogen-bond acceptors (Lipinski definition) is 5. The summed E-state index contributed by atoms with van der Waals surface area (Å²) in [6.07, 6.45) is 0. The predicted molar refractivity (Wildman–Crippen MR) is 73.3 cm³/mol. The molecule has 0 saturated heterocycles. The highest BCUT2D eigenvalue weighted by Crippen LogP contribution is 2.21. The first-order valence-electron chi connectivity index (χ1n) is 5.28. The summed E-state index contributed by atoms with van der Waals surface area (Å²) in [6, 6.07) is 4.21. The number of aryl methyl sites for hydroxylation is 1. The van der Waals surface area contributed by atoms with Gasteiger partial charge in [-0.1, -0.05) is 16.1 Å². The number of aliphatic hydroxyl groups is 1. The number of rotatable bonds is 3. The first-order chi connectivity index (χ1) is 9.11.